The minimum Gasteiger partial charge on any atom is -0.307 e. The maximum absolute atomic E-state index is 13.6. The molecular weight excluding hydrogens is 577 g/mol. The number of thiazole rings is 1. The Hall–Kier alpha value is -3.31. The number of nitrogens with zero attached hydrogens (tertiary/aromatic N) is 2. The van der Waals surface area contributed by atoms with Crippen LogP contribution in [0.2, 0.25) is 0 Å². The average molecular weight is 603 g/mol. The summed E-state index contributed by atoms with van der Waals surface area (Å²) in [4.78, 5) is 36.3. The second-order valence-electron chi connectivity index (χ2n) is 9.16. The lowest BCUT2D eigenvalue weighted by Crippen LogP contribution is -2.49. The average Bonchev–Trinajstić information content (AvgIpc) is 3.67. The van der Waals surface area contributed by atoms with Crippen LogP contribution in [0.4, 0.5) is 21.3 Å². The Labute approximate surface area is 249 Å². The normalized spacial score (nSPS) is 18.1. The van der Waals surface area contributed by atoms with Crippen LogP contribution in [0.25, 0.3) is 10.6 Å². The molecule has 4 aromatic rings. The molecule has 2 aliphatic rings. The van der Waals surface area contributed by atoms with Crippen molar-refractivity contribution in [1.82, 2.24) is 4.98 Å². The number of aromatic nitrogens is 1. The first-order valence-corrected chi connectivity index (χ1v) is 16.4. The van der Waals surface area contributed by atoms with Crippen molar-refractivity contribution in [2.75, 3.05) is 15.5 Å². The summed E-state index contributed by atoms with van der Waals surface area (Å²) in [5, 5.41) is 10.5. The molecular formula is C30H26N4O2S4. The molecule has 3 atom stereocenters. The number of hydrogen-bond acceptors (Lipinski definition) is 7. The highest BCUT2D eigenvalue weighted by Crippen LogP contribution is 2.43. The summed E-state index contributed by atoms with van der Waals surface area (Å²) in [5.74, 6) is -0.0837. The summed E-state index contributed by atoms with van der Waals surface area (Å²) < 4.78 is 0. The van der Waals surface area contributed by atoms with Crippen molar-refractivity contribution in [3.05, 3.63) is 95.7 Å². The second kappa shape index (κ2) is 12.1. The van der Waals surface area contributed by atoms with E-state index in [2.05, 4.69) is 33.8 Å². The zero-order chi connectivity index (χ0) is 27.5. The molecule has 0 saturated heterocycles. The number of para-hydroxylation sites is 1. The molecule has 1 aliphatic carbocycles. The highest BCUT2D eigenvalue weighted by Gasteiger charge is 2.36. The zero-order valence-corrected chi connectivity index (χ0v) is 24.8. The Morgan fingerprint density at radius 1 is 1.02 bits per heavy atom. The Balaban J connectivity index is 1.14. The Morgan fingerprint density at radius 3 is 2.75 bits per heavy atom. The van der Waals surface area contributed by atoms with Crippen LogP contribution in [0.15, 0.2) is 106 Å². The number of carbonyl (C=O) groups is 2. The molecule has 40 heavy (non-hydrogen) atoms. The number of carbonyl (C=O) groups excluding carboxylic acids is 2. The van der Waals surface area contributed by atoms with Gasteiger partial charge in [0, 0.05) is 20.9 Å². The van der Waals surface area contributed by atoms with Crippen LogP contribution in [-0.2, 0) is 4.79 Å². The van der Waals surface area contributed by atoms with Gasteiger partial charge in [0.1, 0.15) is 0 Å². The summed E-state index contributed by atoms with van der Waals surface area (Å²) in [6.07, 6.45) is 8.92. The summed E-state index contributed by atoms with van der Waals surface area (Å²) in [5.41, 5.74) is 2.47. The molecule has 0 spiro atoms. The monoisotopic (exact) mass is 602 g/mol. The van der Waals surface area contributed by atoms with Crippen molar-refractivity contribution in [2.24, 2.45) is 0 Å². The van der Waals surface area contributed by atoms with Crippen molar-refractivity contribution in [1.29, 1.82) is 0 Å². The van der Waals surface area contributed by atoms with E-state index in [9.17, 15) is 9.59 Å². The van der Waals surface area contributed by atoms with Crippen LogP contribution in [0, 0.1) is 0 Å². The van der Waals surface area contributed by atoms with Gasteiger partial charge in [0.25, 0.3) is 0 Å². The van der Waals surface area contributed by atoms with Gasteiger partial charge in [0.05, 0.1) is 32.8 Å². The molecule has 0 fully saturated rings. The van der Waals surface area contributed by atoms with E-state index in [1.807, 2.05) is 89.3 Å². The van der Waals surface area contributed by atoms with Gasteiger partial charge in [-0.2, -0.15) is 0 Å². The molecule has 2 aromatic heterocycles. The van der Waals surface area contributed by atoms with Crippen LogP contribution in [-0.4, -0.2) is 33.5 Å². The Kier molecular flexibility index (Phi) is 8.10. The van der Waals surface area contributed by atoms with E-state index in [-0.39, 0.29) is 28.5 Å². The minimum absolute atomic E-state index is 0.0678. The van der Waals surface area contributed by atoms with Crippen LogP contribution in [0.5, 0.6) is 0 Å². The third kappa shape index (κ3) is 5.76. The standard InChI is InChI=1S/C30H26N4O2S4/c1-2-24(28(35)33-29-32-21(18-38-29)25-15-8-16-37-25)39-20-10-7-9-19(17-20)31-30(36)34-22-11-3-5-13-26(22)40-27-14-6-4-12-23(27)34/h3-18,22,24,26H,2H2,1H3,(H,31,36)(H,32,33,35). The van der Waals surface area contributed by atoms with Gasteiger partial charge in [-0.3, -0.25) is 9.69 Å². The first kappa shape index (κ1) is 26.9. The number of benzene rings is 2. The number of amides is 3. The smallest absolute Gasteiger partial charge is 0.307 e. The summed E-state index contributed by atoms with van der Waals surface area (Å²) >= 11 is 6.31. The molecule has 3 amide bonds. The summed E-state index contributed by atoms with van der Waals surface area (Å²) in [6, 6.07) is 19.5. The molecule has 6 nitrogen and oxygen atoms in total. The molecule has 0 radical (unpaired) electrons. The van der Waals surface area contributed by atoms with Gasteiger partial charge in [-0.25, -0.2) is 9.78 Å². The van der Waals surface area contributed by atoms with Gasteiger partial charge in [-0.05, 0) is 48.2 Å². The number of thiophene rings is 1. The number of rotatable bonds is 7. The summed E-state index contributed by atoms with van der Waals surface area (Å²) in [7, 11) is 0. The summed E-state index contributed by atoms with van der Waals surface area (Å²) in [6.45, 7) is 2.00. The molecule has 1 aliphatic heterocycles. The van der Waals surface area contributed by atoms with Crippen molar-refractivity contribution < 1.29 is 9.59 Å². The molecule has 3 unspecified atom stereocenters. The maximum atomic E-state index is 13.6. The molecule has 10 heteroatoms. The molecule has 6 rings (SSSR count). The van der Waals surface area contributed by atoms with Gasteiger partial charge in [0.15, 0.2) is 5.13 Å². The van der Waals surface area contributed by atoms with Gasteiger partial charge in [-0.1, -0.05) is 55.5 Å². The predicted octanol–water partition coefficient (Wildman–Crippen LogP) is 8.39. The minimum atomic E-state index is -0.300. The van der Waals surface area contributed by atoms with E-state index in [0.717, 1.165) is 26.0 Å². The fourth-order valence-corrected chi connectivity index (χ4v) is 8.34. The van der Waals surface area contributed by atoms with E-state index in [4.69, 9.17) is 0 Å². The SMILES string of the molecule is CCC(Sc1cccc(NC(=O)N2c3ccccc3SC3C=CC=CC32)c1)C(=O)Nc1nc(-c2cccs2)cs1. The fraction of sp³-hybridized carbons (Fsp3) is 0.167. The number of thioether (sulfide) groups is 2. The predicted molar refractivity (Wildman–Crippen MR) is 170 cm³/mol. The topological polar surface area (TPSA) is 74.3 Å². The van der Waals surface area contributed by atoms with Crippen molar-refractivity contribution >= 4 is 74.6 Å². The van der Waals surface area contributed by atoms with Crippen molar-refractivity contribution in [2.45, 2.75) is 39.7 Å². The third-order valence-corrected chi connectivity index (χ3v) is 10.8. The maximum Gasteiger partial charge on any atom is 0.326 e. The highest BCUT2D eigenvalue weighted by molar-refractivity contribution is 8.00. The van der Waals surface area contributed by atoms with Gasteiger partial charge in [-0.15, -0.1) is 46.2 Å². The molecule has 2 N–H and O–H groups in total. The van der Waals surface area contributed by atoms with E-state index in [1.54, 1.807) is 23.1 Å². The van der Waals surface area contributed by atoms with E-state index in [1.165, 1.54) is 23.1 Å². The number of anilines is 3. The molecule has 0 saturated carbocycles. The number of nitrogens with one attached hydrogen (secondary N) is 2. The van der Waals surface area contributed by atoms with E-state index < -0.39 is 0 Å². The molecule has 202 valence electrons. The lowest BCUT2D eigenvalue weighted by atomic mass is 10.1. The number of hydrogen-bond donors (Lipinski definition) is 2. The third-order valence-electron chi connectivity index (χ3n) is 6.50. The van der Waals surface area contributed by atoms with E-state index >= 15 is 0 Å². The Morgan fingerprint density at radius 2 is 1.90 bits per heavy atom. The van der Waals surface area contributed by atoms with Crippen molar-refractivity contribution in [3.63, 3.8) is 0 Å². The number of fused-ring (bicyclic) bond motifs is 2. The van der Waals surface area contributed by atoms with E-state index in [0.29, 0.717) is 17.2 Å². The quantitative estimate of drug-likeness (QED) is 0.208. The second-order valence-corrected chi connectivity index (χ2v) is 13.5. The van der Waals surface area contributed by atoms with Gasteiger partial charge in [0.2, 0.25) is 5.91 Å². The Bertz CT molecular complexity index is 1580. The number of urea groups is 1. The van der Waals surface area contributed by atoms with Gasteiger partial charge < -0.3 is 10.6 Å². The molecule has 3 heterocycles. The number of allylic oxidation sites excluding steroid dienone is 2. The zero-order valence-electron chi connectivity index (χ0n) is 21.5. The lowest BCUT2D eigenvalue weighted by Gasteiger charge is -2.40. The van der Waals surface area contributed by atoms with Crippen LogP contribution in [0.3, 0.4) is 0 Å². The van der Waals surface area contributed by atoms with Gasteiger partial charge >= 0.3 is 6.03 Å². The van der Waals surface area contributed by atoms with Crippen LogP contribution < -0.4 is 15.5 Å². The first-order chi connectivity index (χ1) is 19.6. The lowest BCUT2D eigenvalue weighted by molar-refractivity contribution is -0.115. The largest absolute Gasteiger partial charge is 0.326 e. The van der Waals surface area contributed by atoms with Crippen molar-refractivity contribution in [3.8, 4) is 10.6 Å². The fourth-order valence-electron chi connectivity index (χ4n) is 4.60. The molecule has 2 aromatic carbocycles. The first-order valence-electron chi connectivity index (χ1n) is 12.9. The molecule has 0 bridgehead atoms. The van der Waals surface area contributed by atoms with Crippen LogP contribution in [0.1, 0.15) is 13.3 Å². The van der Waals surface area contributed by atoms with Crippen LogP contribution >= 0.6 is 46.2 Å². The highest BCUT2D eigenvalue weighted by atomic mass is 32.2.